The van der Waals surface area contributed by atoms with Crippen LogP contribution in [0.25, 0.3) is 10.8 Å². The Hall–Kier alpha value is -2.59. The molecular formula is C17H12ClNO3. The van der Waals surface area contributed by atoms with Crippen LogP contribution in [0.15, 0.2) is 59.5 Å². The molecule has 0 aliphatic rings. The van der Waals surface area contributed by atoms with E-state index < -0.39 is 5.97 Å². The number of fused-ring (bicyclic) bond motifs is 1. The van der Waals surface area contributed by atoms with Gasteiger partial charge in [-0.25, -0.2) is 4.79 Å². The molecule has 3 rings (SSSR count). The van der Waals surface area contributed by atoms with Crippen LogP contribution in [0.4, 0.5) is 0 Å². The topological polar surface area (TPSA) is 59.3 Å². The summed E-state index contributed by atoms with van der Waals surface area (Å²) in [5.74, 6) is -0.987. The van der Waals surface area contributed by atoms with Gasteiger partial charge in [-0.3, -0.25) is 4.79 Å². The fourth-order valence-electron chi connectivity index (χ4n) is 2.40. The number of nitrogens with zero attached hydrogens (tertiary/aromatic N) is 1. The molecule has 0 bridgehead atoms. The minimum atomic E-state index is -0.987. The number of aromatic carboxylic acids is 1. The number of aromatic nitrogens is 1. The lowest BCUT2D eigenvalue weighted by molar-refractivity contribution is 0.0696. The van der Waals surface area contributed by atoms with Crippen LogP contribution in [0.5, 0.6) is 0 Å². The first-order valence-electron chi connectivity index (χ1n) is 6.66. The summed E-state index contributed by atoms with van der Waals surface area (Å²) in [5, 5.41) is 10.8. The average Bonchev–Trinajstić information content (AvgIpc) is 2.51. The fraction of sp³-hybridized carbons (Fsp3) is 0.0588. The zero-order chi connectivity index (χ0) is 15.7. The van der Waals surface area contributed by atoms with Crippen LogP contribution >= 0.6 is 11.6 Å². The van der Waals surface area contributed by atoms with Gasteiger partial charge in [-0.05, 0) is 35.9 Å². The quantitative estimate of drug-likeness (QED) is 0.806. The maximum atomic E-state index is 12.5. The lowest BCUT2D eigenvalue weighted by Gasteiger charge is -2.08. The Morgan fingerprint density at radius 3 is 2.64 bits per heavy atom. The summed E-state index contributed by atoms with van der Waals surface area (Å²) in [6.07, 6.45) is 1.67. The highest BCUT2D eigenvalue weighted by atomic mass is 35.5. The van der Waals surface area contributed by atoms with E-state index >= 15 is 0 Å². The predicted molar refractivity (Wildman–Crippen MR) is 85.7 cm³/mol. The third kappa shape index (κ3) is 2.61. The summed E-state index contributed by atoms with van der Waals surface area (Å²) in [4.78, 5) is 23.5. The molecule has 0 fully saturated rings. The van der Waals surface area contributed by atoms with Crippen LogP contribution in [0, 0.1) is 0 Å². The molecule has 0 aliphatic carbocycles. The first-order valence-corrected chi connectivity index (χ1v) is 7.04. The van der Waals surface area contributed by atoms with Crippen LogP contribution in [0.1, 0.15) is 15.9 Å². The zero-order valence-electron chi connectivity index (χ0n) is 11.5. The van der Waals surface area contributed by atoms with Crippen molar-refractivity contribution in [2.24, 2.45) is 0 Å². The molecule has 0 radical (unpaired) electrons. The highest BCUT2D eigenvalue weighted by molar-refractivity contribution is 6.35. The highest BCUT2D eigenvalue weighted by Gasteiger charge is 2.07. The Morgan fingerprint density at radius 1 is 1.09 bits per heavy atom. The van der Waals surface area contributed by atoms with Crippen molar-refractivity contribution in [1.29, 1.82) is 0 Å². The van der Waals surface area contributed by atoms with Crippen molar-refractivity contribution >= 4 is 28.3 Å². The van der Waals surface area contributed by atoms with E-state index in [0.29, 0.717) is 22.3 Å². The van der Waals surface area contributed by atoms with Gasteiger partial charge >= 0.3 is 5.97 Å². The van der Waals surface area contributed by atoms with Gasteiger partial charge in [0.05, 0.1) is 12.1 Å². The third-order valence-electron chi connectivity index (χ3n) is 3.49. The van der Waals surface area contributed by atoms with E-state index in [1.54, 1.807) is 53.2 Å². The molecule has 2 aromatic carbocycles. The van der Waals surface area contributed by atoms with Crippen molar-refractivity contribution in [2.75, 3.05) is 0 Å². The molecule has 0 amide bonds. The van der Waals surface area contributed by atoms with Crippen LogP contribution in [-0.2, 0) is 6.54 Å². The second-order valence-corrected chi connectivity index (χ2v) is 5.36. The first kappa shape index (κ1) is 14.4. The molecule has 22 heavy (non-hydrogen) atoms. The first-order chi connectivity index (χ1) is 10.6. The number of hydrogen-bond acceptors (Lipinski definition) is 2. The second kappa shape index (κ2) is 5.66. The van der Waals surface area contributed by atoms with E-state index in [4.69, 9.17) is 16.7 Å². The molecule has 110 valence electrons. The van der Waals surface area contributed by atoms with E-state index in [0.717, 1.165) is 5.56 Å². The molecule has 5 heteroatoms. The number of carboxylic acid groups (broad SMARTS) is 1. The van der Waals surface area contributed by atoms with Crippen LogP contribution < -0.4 is 5.56 Å². The minimum absolute atomic E-state index is 0.152. The largest absolute Gasteiger partial charge is 0.478 e. The molecule has 1 N–H and O–H groups in total. The summed E-state index contributed by atoms with van der Waals surface area (Å²) in [5.41, 5.74) is 0.804. The number of halogens is 1. The number of carboxylic acids is 1. The standard InChI is InChI=1S/C17H12ClNO3/c18-15-6-2-5-14-13(15)7-8-19(16(14)20)10-11-3-1-4-12(9-11)17(21)22/h1-9H,10H2,(H,21,22). The zero-order valence-corrected chi connectivity index (χ0v) is 12.2. The smallest absolute Gasteiger partial charge is 0.335 e. The SMILES string of the molecule is O=C(O)c1cccc(Cn2ccc3c(Cl)cccc3c2=O)c1. The van der Waals surface area contributed by atoms with Gasteiger partial charge in [0, 0.05) is 22.0 Å². The molecule has 0 atom stereocenters. The van der Waals surface area contributed by atoms with E-state index in [1.165, 1.54) is 6.07 Å². The highest BCUT2D eigenvalue weighted by Crippen LogP contribution is 2.20. The van der Waals surface area contributed by atoms with Gasteiger partial charge in [0.15, 0.2) is 0 Å². The van der Waals surface area contributed by atoms with E-state index in [9.17, 15) is 9.59 Å². The number of carbonyl (C=O) groups is 1. The van der Waals surface area contributed by atoms with Gasteiger partial charge in [-0.15, -0.1) is 0 Å². The molecule has 0 saturated heterocycles. The minimum Gasteiger partial charge on any atom is -0.478 e. The Kier molecular flexibility index (Phi) is 3.69. The fourth-order valence-corrected chi connectivity index (χ4v) is 2.64. The van der Waals surface area contributed by atoms with Gasteiger partial charge in [-0.1, -0.05) is 29.8 Å². The van der Waals surface area contributed by atoms with Crippen molar-refractivity contribution in [1.82, 2.24) is 4.57 Å². The van der Waals surface area contributed by atoms with Crippen LogP contribution in [0.3, 0.4) is 0 Å². The van der Waals surface area contributed by atoms with Gasteiger partial charge < -0.3 is 9.67 Å². The average molecular weight is 314 g/mol. The summed E-state index contributed by atoms with van der Waals surface area (Å²) in [6, 6.07) is 13.5. The van der Waals surface area contributed by atoms with Crippen molar-refractivity contribution in [3.8, 4) is 0 Å². The summed E-state index contributed by atoms with van der Waals surface area (Å²) in [6.45, 7) is 0.308. The molecule has 4 nitrogen and oxygen atoms in total. The normalized spacial score (nSPS) is 10.8. The summed E-state index contributed by atoms with van der Waals surface area (Å²) >= 11 is 6.08. The Morgan fingerprint density at radius 2 is 1.86 bits per heavy atom. The predicted octanol–water partition coefficient (Wildman–Crippen LogP) is 3.40. The molecule has 3 aromatic rings. The van der Waals surface area contributed by atoms with Gasteiger partial charge in [0.2, 0.25) is 0 Å². The Balaban J connectivity index is 2.05. The van der Waals surface area contributed by atoms with Crippen molar-refractivity contribution < 1.29 is 9.90 Å². The number of hydrogen-bond donors (Lipinski definition) is 1. The van der Waals surface area contributed by atoms with Gasteiger partial charge in [0.1, 0.15) is 0 Å². The molecule has 0 spiro atoms. The summed E-state index contributed by atoms with van der Waals surface area (Å²) < 4.78 is 1.54. The Bertz CT molecular complexity index is 931. The lowest BCUT2D eigenvalue weighted by atomic mass is 10.1. The van der Waals surface area contributed by atoms with Gasteiger partial charge in [0.25, 0.3) is 5.56 Å². The maximum absolute atomic E-state index is 12.5. The molecule has 0 aliphatic heterocycles. The number of benzene rings is 2. The van der Waals surface area contributed by atoms with E-state index in [-0.39, 0.29) is 11.1 Å². The third-order valence-corrected chi connectivity index (χ3v) is 3.82. The van der Waals surface area contributed by atoms with Crippen LogP contribution in [0.2, 0.25) is 5.02 Å². The molecule has 0 saturated carbocycles. The molecule has 1 heterocycles. The van der Waals surface area contributed by atoms with Crippen molar-refractivity contribution in [3.05, 3.63) is 81.2 Å². The monoisotopic (exact) mass is 313 g/mol. The van der Waals surface area contributed by atoms with Crippen molar-refractivity contribution in [2.45, 2.75) is 6.54 Å². The van der Waals surface area contributed by atoms with E-state index in [2.05, 4.69) is 0 Å². The van der Waals surface area contributed by atoms with Crippen LogP contribution in [-0.4, -0.2) is 15.6 Å². The molecule has 0 unspecified atom stereocenters. The maximum Gasteiger partial charge on any atom is 0.335 e. The lowest BCUT2D eigenvalue weighted by Crippen LogP contribution is -2.20. The second-order valence-electron chi connectivity index (χ2n) is 4.96. The number of rotatable bonds is 3. The van der Waals surface area contributed by atoms with E-state index in [1.807, 2.05) is 0 Å². The van der Waals surface area contributed by atoms with Gasteiger partial charge in [-0.2, -0.15) is 0 Å². The number of pyridine rings is 1. The summed E-state index contributed by atoms with van der Waals surface area (Å²) in [7, 11) is 0. The molecule has 1 aromatic heterocycles. The van der Waals surface area contributed by atoms with Crippen molar-refractivity contribution in [3.63, 3.8) is 0 Å². The Labute approximate surface area is 131 Å². The molecular weight excluding hydrogens is 302 g/mol.